The lowest BCUT2D eigenvalue weighted by Crippen LogP contribution is -2.32. The summed E-state index contributed by atoms with van der Waals surface area (Å²) in [5.41, 5.74) is 5.29. The molecule has 1 fully saturated rings. The number of nitrogens with zero attached hydrogens (tertiary/aromatic N) is 1. The summed E-state index contributed by atoms with van der Waals surface area (Å²) in [6.45, 7) is 3.31. The summed E-state index contributed by atoms with van der Waals surface area (Å²) >= 11 is 0. The molecule has 2 atom stereocenters. The zero-order valence-corrected chi connectivity index (χ0v) is 10.5. The Morgan fingerprint density at radius 3 is 2.58 bits per heavy atom. The van der Waals surface area contributed by atoms with Gasteiger partial charge < -0.3 is 5.73 Å². The van der Waals surface area contributed by atoms with Crippen LogP contribution in [-0.2, 0) is 6.18 Å². The molecule has 0 amide bonds. The van der Waals surface area contributed by atoms with Crippen molar-refractivity contribution in [3.05, 3.63) is 35.1 Å². The fraction of sp³-hybridized carbons (Fsp3) is 0.538. The van der Waals surface area contributed by atoms with Crippen molar-refractivity contribution in [3.63, 3.8) is 0 Å². The Balaban J connectivity index is 2.42. The molecule has 6 heteroatoms. The van der Waals surface area contributed by atoms with Gasteiger partial charge in [-0.1, -0.05) is 6.92 Å². The molecule has 0 spiro atoms. The maximum absolute atomic E-state index is 13.4. The van der Waals surface area contributed by atoms with E-state index in [4.69, 9.17) is 5.73 Å². The van der Waals surface area contributed by atoms with Crippen LogP contribution in [0.5, 0.6) is 0 Å². The van der Waals surface area contributed by atoms with Gasteiger partial charge in [0.1, 0.15) is 5.82 Å². The van der Waals surface area contributed by atoms with Gasteiger partial charge in [0.05, 0.1) is 11.6 Å². The SMILES string of the molecule is CCN1CCC(N)C1c1cc(F)cc(C(F)(F)F)c1. The number of hydrogen-bond donors (Lipinski definition) is 1. The van der Waals surface area contributed by atoms with Gasteiger partial charge in [0.15, 0.2) is 0 Å². The molecule has 1 aromatic rings. The van der Waals surface area contributed by atoms with Crippen molar-refractivity contribution in [1.29, 1.82) is 0 Å². The largest absolute Gasteiger partial charge is 0.416 e. The normalized spacial score (nSPS) is 24.9. The van der Waals surface area contributed by atoms with Crippen LogP contribution in [0, 0.1) is 5.82 Å². The Morgan fingerprint density at radius 2 is 2.00 bits per heavy atom. The summed E-state index contributed by atoms with van der Waals surface area (Å²) in [6.07, 6.45) is -3.84. The van der Waals surface area contributed by atoms with Crippen LogP contribution in [0.3, 0.4) is 0 Å². The fourth-order valence-corrected chi connectivity index (χ4v) is 2.64. The number of halogens is 4. The third-order valence-corrected chi connectivity index (χ3v) is 3.54. The van der Waals surface area contributed by atoms with E-state index in [-0.39, 0.29) is 12.1 Å². The standard InChI is InChI=1S/C13H16F4N2/c1-2-19-4-3-11(18)12(19)8-5-9(13(15,16)17)7-10(14)6-8/h5-7,11-12H,2-4,18H2,1H3. The van der Waals surface area contributed by atoms with Crippen LogP contribution in [-0.4, -0.2) is 24.0 Å². The van der Waals surface area contributed by atoms with Crippen LogP contribution >= 0.6 is 0 Å². The molecule has 0 bridgehead atoms. The van der Waals surface area contributed by atoms with Crippen molar-refractivity contribution < 1.29 is 17.6 Å². The summed E-state index contributed by atoms with van der Waals surface area (Å²) in [5.74, 6) is -0.875. The lowest BCUT2D eigenvalue weighted by Gasteiger charge is -2.26. The van der Waals surface area contributed by atoms with E-state index in [1.807, 2.05) is 11.8 Å². The van der Waals surface area contributed by atoms with E-state index >= 15 is 0 Å². The van der Waals surface area contributed by atoms with Crippen LogP contribution in [0.25, 0.3) is 0 Å². The highest BCUT2D eigenvalue weighted by Crippen LogP contribution is 2.36. The summed E-state index contributed by atoms with van der Waals surface area (Å²) in [5, 5.41) is 0. The summed E-state index contributed by atoms with van der Waals surface area (Å²) in [4.78, 5) is 1.97. The molecule has 19 heavy (non-hydrogen) atoms. The second-order valence-electron chi connectivity index (χ2n) is 4.80. The first-order valence-corrected chi connectivity index (χ1v) is 6.20. The average molecular weight is 276 g/mol. The maximum Gasteiger partial charge on any atom is 0.416 e. The first kappa shape index (κ1) is 14.3. The molecule has 0 aliphatic carbocycles. The summed E-state index contributed by atoms with van der Waals surface area (Å²) < 4.78 is 51.5. The minimum Gasteiger partial charge on any atom is -0.326 e. The monoisotopic (exact) mass is 276 g/mol. The van der Waals surface area contributed by atoms with Crippen LogP contribution in [0.1, 0.15) is 30.5 Å². The van der Waals surface area contributed by atoms with Crippen LogP contribution < -0.4 is 5.73 Å². The Hall–Kier alpha value is -1.14. The van der Waals surface area contributed by atoms with Crippen molar-refractivity contribution in [2.45, 2.75) is 31.6 Å². The van der Waals surface area contributed by atoms with Gasteiger partial charge in [0.25, 0.3) is 0 Å². The predicted octanol–water partition coefficient (Wildman–Crippen LogP) is 2.94. The van der Waals surface area contributed by atoms with E-state index < -0.39 is 17.6 Å². The molecular weight excluding hydrogens is 260 g/mol. The highest BCUT2D eigenvalue weighted by atomic mass is 19.4. The topological polar surface area (TPSA) is 29.3 Å². The quantitative estimate of drug-likeness (QED) is 0.841. The van der Waals surface area contributed by atoms with E-state index in [0.29, 0.717) is 24.6 Å². The van der Waals surface area contributed by atoms with Gasteiger partial charge in [0.2, 0.25) is 0 Å². The van der Waals surface area contributed by atoms with E-state index in [0.717, 1.165) is 18.7 Å². The molecule has 106 valence electrons. The van der Waals surface area contributed by atoms with E-state index in [1.54, 1.807) is 0 Å². The van der Waals surface area contributed by atoms with Gasteiger partial charge in [-0.25, -0.2) is 4.39 Å². The fourth-order valence-electron chi connectivity index (χ4n) is 2.64. The highest BCUT2D eigenvalue weighted by Gasteiger charge is 2.36. The highest BCUT2D eigenvalue weighted by molar-refractivity contribution is 5.30. The molecule has 1 heterocycles. The Morgan fingerprint density at radius 1 is 1.32 bits per heavy atom. The molecular formula is C13H16F4N2. The molecule has 0 saturated carbocycles. The minimum atomic E-state index is -4.55. The van der Waals surface area contributed by atoms with Crippen LogP contribution in [0.15, 0.2) is 18.2 Å². The van der Waals surface area contributed by atoms with Crippen molar-refractivity contribution in [2.75, 3.05) is 13.1 Å². The Kier molecular flexibility index (Phi) is 3.82. The third kappa shape index (κ3) is 2.90. The van der Waals surface area contributed by atoms with E-state index in [9.17, 15) is 17.6 Å². The Bertz CT molecular complexity index is 458. The molecule has 1 saturated heterocycles. The van der Waals surface area contributed by atoms with Crippen molar-refractivity contribution >= 4 is 0 Å². The molecule has 0 radical (unpaired) electrons. The van der Waals surface area contributed by atoms with Gasteiger partial charge in [-0.3, -0.25) is 4.90 Å². The van der Waals surface area contributed by atoms with Gasteiger partial charge in [-0.05, 0) is 36.7 Å². The van der Waals surface area contributed by atoms with E-state index in [2.05, 4.69) is 0 Å². The molecule has 1 aliphatic heterocycles. The van der Waals surface area contributed by atoms with Crippen molar-refractivity contribution in [1.82, 2.24) is 4.90 Å². The smallest absolute Gasteiger partial charge is 0.326 e. The van der Waals surface area contributed by atoms with Crippen LogP contribution in [0.4, 0.5) is 17.6 Å². The zero-order chi connectivity index (χ0) is 14.2. The second kappa shape index (κ2) is 5.09. The molecule has 0 aromatic heterocycles. The minimum absolute atomic E-state index is 0.261. The number of likely N-dealkylation sites (tertiary alicyclic amines) is 1. The molecule has 2 nitrogen and oxygen atoms in total. The van der Waals surface area contributed by atoms with Crippen molar-refractivity contribution in [2.24, 2.45) is 5.73 Å². The summed E-state index contributed by atoms with van der Waals surface area (Å²) in [7, 11) is 0. The number of alkyl halides is 3. The van der Waals surface area contributed by atoms with Gasteiger partial charge in [-0.15, -0.1) is 0 Å². The average Bonchev–Trinajstić information content (AvgIpc) is 2.68. The maximum atomic E-state index is 13.4. The molecule has 1 aliphatic rings. The van der Waals surface area contributed by atoms with E-state index in [1.165, 1.54) is 0 Å². The zero-order valence-electron chi connectivity index (χ0n) is 10.5. The molecule has 2 unspecified atom stereocenters. The number of benzene rings is 1. The van der Waals surface area contributed by atoms with Gasteiger partial charge in [0, 0.05) is 12.6 Å². The lowest BCUT2D eigenvalue weighted by molar-refractivity contribution is -0.137. The third-order valence-electron chi connectivity index (χ3n) is 3.54. The lowest BCUT2D eigenvalue weighted by atomic mass is 9.98. The first-order chi connectivity index (χ1) is 8.82. The number of hydrogen-bond acceptors (Lipinski definition) is 2. The van der Waals surface area contributed by atoms with Gasteiger partial charge >= 0.3 is 6.18 Å². The molecule has 2 rings (SSSR count). The molecule has 1 aromatic carbocycles. The number of rotatable bonds is 2. The summed E-state index contributed by atoms with van der Waals surface area (Å²) in [6, 6.07) is 2.06. The second-order valence-corrected chi connectivity index (χ2v) is 4.80. The number of likely N-dealkylation sites (N-methyl/N-ethyl adjacent to an activating group) is 1. The van der Waals surface area contributed by atoms with Crippen molar-refractivity contribution in [3.8, 4) is 0 Å². The number of nitrogens with two attached hydrogens (primary N) is 1. The van der Waals surface area contributed by atoms with Crippen LogP contribution in [0.2, 0.25) is 0 Å². The molecule has 2 N–H and O–H groups in total. The Labute approximate surface area is 109 Å². The van der Waals surface area contributed by atoms with Gasteiger partial charge in [-0.2, -0.15) is 13.2 Å². The first-order valence-electron chi connectivity index (χ1n) is 6.20. The predicted molar refractivity (Wildman–Crippen MR) is 64.0 cm³/mol.